The average Bonchev–Trinajstić information content (AvgIpc) is 2.04. The number of nitrogens with one attached hydrogen (secondary N) is 2. The molecule has 0 radical (unpaired) electrons. The average molecular weight is 166 g/mol. The van der Waals surface area contributed by atoms with E-state index >= 15 is 0 Å². The SMILES string of the molecule is CC(C)C1=CNC(C(C)C)=CN1. The zero-order chi connectivity index (χ0) is 9.14. The van der Waals surface area contributed by atoms with Gasteiger partial charge in [0.25, 0.3) is 0 Å². The van der Waals surface area contributed by atoms with Crippen molar-refractivity contribution in [2.24, 2.45) is 11.8 Å². The lowest BCUT2D eigenvalue weighted by atomic mass is 10.1. The molecule has 0 aromatic rings. The summed E-state index contributed by atoms with van der Waals surface area (Å²) in [6.45, 7) is 8.70. The van der Waals surface area contributed by atoms with Gasteiger partial charge in [0.15, 0.2) is 0 Å². The van der Waals surface area contributed by atoms with Crippen molar-refractivity contribution < 1.29 is 0 Å². The molecule has 0 aliphatic carbocycles. The zero-order valence-corrected chi connectivity index (χ0v) is 8.31. The van der Waals surface area contributed by atoms with Crippen molar-refractivity contribution in [3.8, 4) is 0 Å². The van der Waals surface area contributed by atoms with Crippen LogP contribution in [0.1, 0.15) is 27.7 Å². The fourth-order valence-electron chi connectivity index (χ4n) is 1.07. The second kappa shape index (κ2) is 3.65. The molecule has 1 aliphatic rings. The Balaban J connectivity index is 2.54. The molecule has 0 amide bonds. The van der Waals surface area contributed by atoms with Crippen molar-refractivity contribution in [1.82, 2.24) is 10.6 Å². The molecule has 2 nitrogen and oxygen atoms in total. The van der Waals surface area contributed by atoms with Crippen LogP contribution >= 0.6 is 0 Å². The maximum Gasteiger partial charge on any atom is 0.0335 e. The highest BCUT2D eigenvalue weighted by molar-refractivity contribution is 5.18. The summed E-state index contributed by atoms with van der Waals surface area (Å²) in [6.07, 6.45) is 4.11. The van der Waals surface area contributed by atoms with Crippen molar-refractivity contribution in [2.45, 2.75) is 27.7 Å². The van der Waals surface area contributed by atoms with Crippen LogP contribution in [0, 0.1) is 11.8 Å². The van der Waals surface area contributed by atoms with Gasteiger partial charge in [-0.15, -0.1) is 0 Å². The number of hydrogen-bond acceptors (Lipinski definition) is 2. The summed E-state index contributed by atoms with van der Waals surface area (Å²) in [4.78, 5) is 0. The van der Waals surface area contributed by atoms with Crippen molar-refractivity contribution in [3.05, 3.63) is 23.8 Å². The Morgan fingerprint density at radius 3 is 1.33 bits per heavy atom. The molecule has 2 heteroatoms. The van der Waals surface area contributed by atoms with E-state index in [9.17, 15) is 0 Å². The number of hydrogen-bond donors (Lipinski definition) is 2. The molecule has 0 aromatic heterocycles. The molecular formula is C10H18N2. The van der Waals surface area contributed by atoms with Gasteiger partial charge in [-0.1, -0.05) is 27.7 Å². The van der Waals surface area contributed by atoms with Crippen LogP contribution in [0.25, 0.3) is 0 Å². The predicted molar refractivity (Wildman–Crippen MR) is 52.1 cm³/mol. The molecule has 0 aromatic carbocycles. The number of allylic oxidation sites excluding steroid dienone is 2. The van der Waals surface area contributed by atoms with Gasteiger partial charge >= 0.3 is 0 Å². The van der Waals surface area contributed by atoms with E-state index in [-0.39, 0.29) is 0 Å². The van der Waals surface area contributed by atoms with E-state index in [1.165, 1.54) is 11.4 Å². The zero-order valence-electron chi connectivity index (χ0n) is 8.31. The van der Waals surface area contributed by atoms with Gasteiger partial charge in [-0.25, -0.2) is 0 Å². The Morgan fingerprint density at radius 2 is 1.17 bits per heavy atom. The van der Waals surface area contributed by atoms with Crippen LogP contribution in [0.5, 0.6) is 0 Å². The monoisotopic (exact) mass is 166 g/mol. The van der Waals surface area contributed by atoms with Gasteiger partial charge in [0.2, 0.25) is 0 Å². The third kappa shape index (κ3) is 2.03. The summed E-state index contributed by atoms with van der Waals surface area (Å²) in [5.41, 5.74) is 2.50. The van der Waals surface area contributed by atoms with Gasteiger partial charge in [0.1, 0.15) is 0 Å². The van der Waals surface area contributed by atoms with Gasteiger partial charge in [-0.05, 0) is 11.8 Å². The van der Waals surface area contributed by atoms with Gasteiger partial charge < -0.3 is 10.6 Å². The maximum atomic E-state index is 3.29. The summed E-state index contributed by atoms with van der Waals surface area (Å²) in [6, 6.07) is 0. The Morgan fingerprint density at radius 1 is 0.833 bits per heavy atom. The van der Waals surface area contributed by atoms with Crippen LogP contribution in [0.2, 0.25) is 0 Å². The third-order valence-corrected chi connectivity index (χ3v) is 2.03. The highest BCUT2D eigenvalue weighted by atomic mass is 15.0. The lowest BCUT2D eigenvalue weighted by molar-refractivity contribution is 0.641. The maximum absolute atomic E-state index is 3.29. The van der Waals surface area contributed by atoms with Gasteiger partial charge in [-0.3, -0.25) is 0 Å². The van der Waals surface area contributed by atoms with E-state index in [4.69, 9.17) is 0 Å². The Kier molecular flexibility index (Phi) is 2.79. The molecule has 12 heavy (non-hydrogen) atoms. The molecule has 0 saturated heterocycles. The van der Waals surface area contributed by atoms with Crippen LogP contribution in [0.15, 0.2) is 23.8 Å². The summed E-state index contributed by atoms with van der Waals surface area (Å²) < 4.78 is 0. The van der Waals surface area contributed by atoms with Crippen LogP contribution in [-0.2, 0) is 0 Å². The van der Waals surface area contributed by atoms with E-state index in [0.29, 0.717) is 11.8 Å². The minimum atomic E-state index is 0.558. The van der Waals surface area contributed by atoms with E-state index in [1.54, 1.807) is 0 Å². The standard InChI is InChI=1S/C10H18N2/c1-7(2)9-5-12-10(6-11-9)8(3)4/h5-8,11-12H,1-4H3. The molecule has 0 bridgehead atoms. The molecular weight excluding hydrogens is 148 g/mol. The molecule has 1 heterocycles. The molecule has 0 unspecified atom stereocenters. The van der Waals surface area contributed by atoms with E-state index in [0.717, 1.165) is 0 Å². The first kappa shape index (κ1) is 9.17. The minimum Gasteiger partial charge on any atom is -0.362 e. The van der Waals surface area contributed by atoms with Crippen molar-refractivity contribution >= 4 is 0 Å². The third-order valence-electron chi connectivity index (χ3n) is 2.03. The smallest absolute Gasteiger partial charge is 0.0335 e. The molecule has 0 fully saturated rings. The van der Waals surface area contributed by atoms with E-state index in [1.807, 2.05) is 0 Å². The molecule has 2 N–H and O–H groups in total. The van der Waals surface area contributed by atoms with Gasteiger partial charge in [-0.2, -0.15) is 0 Å². The van der Waals surface area contributed by atoms with Crippen LogP contribution in [0.4, 0.5) is 0 Å². The minimum absolute atomic E-state index is 0.558. The van der Waals surface area contributed by atoms with Crippen LogP contribution in [-0.4, -0.2) is 0 Å². The molecule has 1 aliphatic heterocycles. The van der Waals surface area contributed by atoms with E-state index < -0.39 is 0 Å². The quantitative estimate of drug-likeness (QED) is 0.657. The van der Waals surface area contributed by atoms with Crippen LogP contribution < -0.4 is 10.6 Å². The fraction of sp³-hybridized carbons (Fsp3) is 0.600. The van der Waals surface area contributed by atoms with Crippen molar-refractivity contribution in [3.63, 3.8) is 0 Å². The lowest BCUT2D eigenvalue weighted by Crippen LogP contribution is -2.25. The molecule has 1 rings (SSSR count). The summed E-state index contributed by atoms with van der Waals surface area (Å²) in [5.74, 6) is 1.12. The summed E-state index contributed by atoms with van der Waals surface area (Å²) in [5, 5.41) is 6.57. The topological polar surface area (TPSA) is 24.1 Å². The summed E-state index contributed by atoms with van der Waals surface area (Å²) in [7, 11) is 0. The number of rotatable bonds is 2. The van der Waals surface area contributed by atoms with Gasteiger partial charge in [0, 0.05) is 23.8 Å². The van der Waals surface area contributed by atoms with Crippen molar-refractivity contribution in [2.75, 3.05) is 0 Å². The second-order valence-electron chi connectivity index (χ2n) is 3.80. The van der Waals surface area contributed by atoms with Crippen LogP contribution in [0.3, 0.4) is 0 Å². The molecule has 68 valence electrons. The first-order valence-electron chi connectivity index (χ1n) is 4.54. The molecule has 0 spiro atoms. The van der Waals surface area contributed by atoms with Crippen molar-refractivity contribution in [1.29, 1.82) is 0 Å². The normalized spacial score (nSPS) is 16.8. The Labute approximate surface area is 74.7 Å². The lowest BCUT2D eigenvalue weighted by Gasteiger charge is -2.21. The summed E-state index contributed by atoms with van der Waals surface area (Å²) >= 11 is 0. The first-order valence-corrected chi connectivity index (χ1v) is 4.54. The molecule has 0 atom stereocenters. The largest absolute Gasteiger partial charge is 0.362 e. The second-order valence-corrected chi connectivity index (χ2v) is 3.80. The van der Waals surface area contributed by atoms with Gasteiger partial charge in [0.05, 0.1) is 0 Å². The molecule has 0 saturated carbocycles. The Bertz CT molecular complexity index is 188. The highest BCUT2D eigenvalue weighted by Crippen LogP contribution is 2.12. The first-order chi connectivity index (χ1) is 5.61. The van der Waals surface area contributed by atoms with E-state index in [2.05, 4.69) is 50.7 Å². The fourth-order valence-corrected chi connectivity index (χ4v) is 1.07. The highest BCUT2D eigenvalue weighted by Gasteiger charge is 2.08. The predicted octanol–water partition coefficient (Wildman–Crippen LogP) is 2.17. The Hall–Kier alpha value is -0.920.